The van der Waals surface area contributed by atoms with Crippen molar-refractivity contribution in [1.82, 2.24) is 9.97 Å². The number of Topliss-reactive ketones (excluding diaryl/α,β-unsaturated/α-hetero) is 1. The number of fused-ring (bicyclic) bond motifs is 1. The van der Waals surface area contributed by atoms with Crippen LogP contribution in [0.3, 0.4) is 0 Å². The second-order valence-corrected chi connectivity index (χ2v) is 6.39. The van der Waals surface area contributed by atoms with Crippen LogP contribution in [0.4, 0.5) is 4.39 Å². The topological polar surface area (TPSA) is 89.1 Å². The summed E-state index contributed by atoms with van der Waals surface area (Å²) in [5, 5.41) is 0.513. The third-order valence-corrected chi connectivity index (χ3v) is 4.26. The van der Waals surface area contributed by atoms with Crippen LogP contribution >= 0.6 is 0 Å². The van der Waals surface area contributed by atoms with Crippen LogP contribution in [0.2, 0.25) is 0 Å². The predicted octanol–water partition coefficient (Wildman–Crippen LogP) is 3.20. The van der Waals surface area contributed by atoms with E-state index in [9.17, 15) is 18.8 Å². The molecule has 3 aromatic rings. The van der Waals surface area contributed by atoms with Crippen molar-refractivity contribution in [3.8, 4) is 0 Å². The SMILES string of the molecule is C[C@H](OC(=O)CCCc1nc2ccccc2c(=O)[nH]1)C(=O)c1ccc(F)cc1. The van der Waals surface area contributed by atoms with Crippen molar-refractivity contribution < 1.29 is 18.7 Å². The van der Waals surface area contributed by atoms with Gasteiger partial charge in [-0.05, 0) is 49.7 Å². The maximum absolute atomic E-state index is 12.9. The van der Waals surface area contributed by atoms with Gasteiger partial charge in [-0.3, -0.25) is 14.4 Å². The van der Waals surface area contributed by atoms with Crippen LogP contribution in [0, 0.1) is 5.82 Å². The fourth-order valence-corrected chi connectivity index (χ4v) is 2.81. The fourth-order valence-electron chi connectivity index (χ4n) is 2.81. The molecule has 0 aliphatic rings. The third-order valence-electron chi connectivity index (χ3n) is 4.26. The van der Waals surface area contributed by atoms with Crippen LogP contribution in [0.5, 0.6) is 0 Å². The lowest BCUT2D eigenvalue weighted by molar-refractivity contribution is -0.146. The van der Waals surface area contributed by atoms with E-state index in [-0.39, 0.29) is 17.5 Å². The van der Waals surface area contributed by atoms with E-state index in [1.807, 2.05) is 0 Å². The van der Waals surface area contributed by atoms with Crippen LogP contribution in [0.25, 0.3) is 10.9 Å². The molecule has 1 aromatic heterocycles. The molecular formula is C21H19FN2O4. The molecule has 7 heteroatoms. The third kappa shape index (κ3) is 4.68. The minimum Gasteiger partial charge on any atom is -0.454 e. The zero-order valence-corrected chi connectivity index (χ0v) is 15.3. The molecular weight excluding hydrogens is 363 g/mol. The Morgan fingerprint density at radius 2 is 1.86 bits per heavy atom. The second-order valence-electron chi connectivity index (χ2n) is 6.39. The van der Waals surface area contributed by atoms with Gasteiger partial charge in [0.05, 0.1) is 10.9 Å². The van der Waals surface area contributed by atoms with Crippen molar-refractivity contribution in [2.24, 2.45) is 0 Å². The highest BCUT2D eigenvalue weighted by atomic mass is 19.1. The number of ketones is 1. The fraction of sp³-hybridized carbons (Fsp3) is 0.238. The average Bonchev–Trinajstić information content (AvgIpc) is 2.68. The molecule has 0 spiro atoms. The van der Waals surface area contributed by atoms with E-state index in [2.05, 4.69) is 9.97 Å². The average molecular weight is 382 g/mol. The Morgan fingerprint density at radius 3 is 2.61 bits per heavy atom. The van der Waals surface area contributed by atoms with Crippen molar-refractivity contribution in [3.63, 3.8) is 0 Å². The molecule has 0 bridgehead atoms. The summed E-state index contributed by atoms with van der Waals surface area (Å²) >= 11 is 0. The number of hydrogen-bond donors (Lipinski definition) is 1. The molecule has 2 aromatic carbocycles. The number of aromatic nitrogens is 2. The number of H-pyrrole nitrogens is 1. The quantitative estimate of drug-likeness (QED) is 0.501. The monoisotopic (exact) mass is 382 g/mol. The molecule has 1 heterocycles. The van der Waals surface area contributed by atoms with Crippen molar-refractivity contribution in [2.45, 2.75) is 32.3 Å². The van der Waals surface area contributed by atoms with Crippen molar-refractivity contribution in [2.75, 3.05) is 0 Å². The van der Waals surface area contributed by atoms with Gasteiger partial charge in [-0.15, -0.1) is 0 Å². The number of halogens is 1. The number of carbonyl (C=O) groups excluding carboxylic acids is 2. The number of rotatable bonds is 7. The summed E-state index contributed by atoms with van der Waals surface area (Å²) in [6.07, 6.45) is -0.0681. The lowest BCUT2D eigenvalue weighted by atomic mass is 10.1. The summed E-state index contributed by atoms with van der Waals surface area (Å²) in [4.78, 5) is 43.3. The number of nitrogens with zero attached hydrogens (tertiary/aromatic N) is 1. The number of hydrogen-bond acceptors (Lipinski definition) is 5. The number of nitrogens with one attached hydrogen (secondary N) is 1. The standard InChI is InChI=1S/C21H19FN2O4/c1-13(20(26)14-9-11-15(22)12-10-14)28-19(25)8-4-7-18-23-17-6-3-2-5-16(17)21(27)24-18/h2-3,5-6,9-13H,4,7-8H2,1H3,(H,23,24,27)/t13-/m0/s1. The molecule has 3 rings (SSSR count). The lowest BCUT2D eigenvalue weighted by Crippen LogP contribution is -2.24. The van der Waals surface area contributed by atoms with Gasteiger partial charge in [-0.2, -0.15) is 0 Å². The van der Waals surface area contributed by atoms with Gasteiger partial charge < -0.3 is 9.72 Å². The zero-order valence-electron chi connectivity index (χ0n) is 15.3. The summed E-state index contributed by atoms with van der Waals surface area (Å²) in [5.41, 5.74) is 0.656. The van der Waals surface area contributed by atoms with Gasteiger partial charge in [0.15, 0.2) is 6.10 Å². The lowest BCUT2D eigenvalue weighted by Gasteiger charge is -2.12. The number of aryl methyl sites for hydroxylation is 1. The zero-order chi connectivity index (χ0) is 20.1. The molecule has 0 aliphatic carbocycles. The molecule has 28 heavy (non-hydrogen) atoms. The minimum absolute atomic E-state index is 0.0809. The maximum Gasteiger partial charge on any atom is 0.306 e. The highest BCUT2D eigenvalue weighted by Crippen LogP contribution is 2.11. The molecule has 0 aliphatic heterocycles. The van der Waals surface area contributed by atoms with Crippen LogP contribution in [0.15, 0.2) is 53.3 Å². The Labute approximate surface area is 160 Å². The number of carbonyl (C=O) groups is 2. The van der Waals surface area contributed by atoms with Gasteiger partial charge in [0.1, 0.15) is 11.6 Å². The molecule has 0 unspecified atom stereocenters. The van der Waals surface area contributed by atoms with Crippen molar-refractivity contribution in [3.05, 3.63) is 76.1 Å². The van der Waals surface area contributed by atoms with Crippen LogP contribution < -0.4 is 5.56 Å². The number of esters is 1. The van der Waals surface area contributed by atoms with E-state index >= 15 is 0 Å². The Kier molecular flexibility index (Phi) is 5.93. The van der Waals surface area contributed by atoms with Crippen LogP contribution in [-0.2, 0) is 16.0 Å². The summed E-state index contributed by atoms with van der Waals surface area (Å²) < 4.78 is 18.1. The molecule has 144 valence electrons. The van der Waals surface area contributed by atoms with Gasteiger partial charge in [0.25, 0.3) is 5.56 Å². The van der Waals surface area contributed by atoms with Gasteiger partial charge in [-0.1, -0.05) is 12.1 Å². The molecule has 1 N–H and O–H groups in total. The Hall–Kier alpha value is -3.35. The number of ether oxygens (including phenoxy) is 1. The van der Waals surface area contributed by atoms with Gasteiger partial charge >= 0.3 is 5.97 Å². The molecule has 0 saturated heterocycles. The van der Waals surface area contributed by atoms with E-state index < -0.39 is 23.7 Å². The van der Waals surface area contributed by atoms with Crippen LogP contribution in [-0.4, -0.2) is 27.8 Å². The maximum atomic E-state index is 12.9. The number of benzene rings is 2. The second kappa shape index (κ2) is 8.56. The molecule has 6 nitrogen and oxygen atoms in total. The number of aromatic amines is 1. The molecule has 0 fully saturated rings. The largest absolute Gasteiger partial charge is 0.454 e. The number of para-hydroxylation sites is 1. The summed E-state index contributed by atoms with van der Waals surface area (Å²) in [7, 11) is 0. The summed E-state index contributed by atoms with van der Waals surface area (Å²) in [6, 6.07) is 12.1. The molecule has 0 radical (unpaired) electrons. The Morgan fingerprint density at radius 1 is 1.14 bits per heavy atom. The first kappa shape index (κ1) is 19.4. The van der Waals surface area contributed by atoms with E-state index in [0.29, 0.717) is 29.6 Å². The summed E-state index contributed by atoms with van der Waals surface area (Å²) in [6.45, 7) is 1.48. The Bertz CT molecular complexity index is 1060. The molecule has 0 saturated carbocycles. The van der Waals surface area contributed by atoms with E-state index in [1.54, 1.807) is 24.3 Å². The normalized spacial score (nSPS) is 11.9. The Balaban J connectivity index is 1.52. The molecule has 0 amide bonds. The summed E-state index contributed by atoms with van der Waals surface area (Å²) in [5.74, 6) is -0.867. The minimum atomic E-state index is -0.962. The van der Waals surface area contributed by atoms with E-state index in [4.69, 9.17) is 4.74 Å². The van der Waals surface area contributed by atoms with Gasteiger partial charge in [0, 0.05) is 18.4 Å². The van der Waals surface area contributed by atoms with E-state index in [1.165, 1.54) is 31.2 Å². The first-order valence-corrected chi connectivity index (χ1v) is 8.91. The predicted molar refractivity (Wildman–Crippen MR) is 102 cm³/mol. The smallest absolute Gasteiger partial charge is 0.306 e. The van der Waals surface area contributed by atoms with Gasteiger partial charge in [0.2, 0.25) is 5.78 Å². The van der Waals surface area contributed by atoms with Crippen LogP contribution in [0.1, 0.15) is 35.9 Å². The first-order valence-electron chi connectivity index (χ1n) is 8.91. The highest BCUT2D eigenvalue weighted by molar-refractivity contribution is 6.00. The first-order chi connectivity index (χ1) is 13.4. The van der Waals surface area contributed by atoms with E-state index in [0.717, 1.165) is 0 Å². The van der Waals surface area contributed by atoms with Gasteiger partial charge in [-0.25, -0.2) is 9.37 Å². The van der Waals surface area contributed by atoms with Crippen molar-refractivity contribution >= 4 is 22.7 Å². The molecule has 1 atom stereocenters. The highest BCUT2D eigenvalue weighted by Gasteiger charge is 2.19. The van der Waals surface area contributed by atoms with Crippen molar-refractivity contribution in [1.29, 1.82) is 0 Å².